The Kier molecular flexibility index (Phi) is 3.66. The molecule has 2 nitrogen and oxygen atoms in total. The fourth-order valence-electron chi connectivity index (χ4n) is 1.51. The largest absolute Gasteiger partial charge is 0.461 e. The maximum atomic E-state index is 10.6. The predicted octanol–water partition coefficient (Wildman–Crippen LogP) is 3.69. The zero-order valence-electron chi connectivity index (χ0n) is 8.45. The fourth-order valence-corrected chi connectivity index (χ4v) is 2.30. The van der Waals surface area contributed by atoms with Gasteiger partial charge in [-0.25, -0.2) is 0 Å². The molecule has 1 aromatic carbocycles. The molecule has 16 heavy (non-hydrogen) atoms. The number of carbonyl (C=O) groups is 1. The van der Waals surface area contributed by atoms with Crippen molar-refractivity contribution in [2.24, 2.45) is 0 Å². The average molecular weight is 302 g/mol. The van der Waals surface area contributed by atoms with Crippen LogP contribution in [0.1, 0.15) is 18.4 Å². The maximum absolute atomic E-state index is 10.6. The van der Waals surface area contributed by atoms with Gasteiger partial charge in [-0.2, -0.15) is 0 Å². The molecule has 0 N–H and O–H groups in total. The standard InChI is InChI=1S/C12H10BrClO2/c13-10(6-9-7-11(15)16-9)12(14)8-4-2-1-3-5-8/h1-5,9H,6-7H2/b12-10-/t9-/m0/s1. The van der Waals surface area contributed by atoms with Gasteiger partial charge in [0.2, 0.25) is 0 Å². The van der Waals surface area contributed by atoms with E-state index in [2.05, 4.69) is 15.9 Å². The first kappa shape index (κ1) is 11.7. The Bertz CT molecular complexity index is 420. The van der Waals surface area contributed by atoms with Gasteiger partial charge in [-0.1, -0.05) is 57.9 Å². The summed E-state index contributed by atoms with van der Waals surface area (Å²) in [6, 6.07) is 9.69. The van der Waals surface area contributed by atoms with Crippen LogP contribution in [0.4, 0.5) is 0 Å². The van der Waals surface area contributed by atoms with Gasteiger partial charge in [-0.15, -0.1) is 0 Å². The fraction of sp³-hybridized carbons (Fsp3) is 0.250. The second kappa shape index (κ2) is 5.02. The molecule has 2 rings (SSSR count). The van der Waals surface area contributed by atoms with Crippen LogP contribution in [0.5, 0.6) is 0 Å². The third kappa shape index (κ3) is 2.66. The van der Waals surface area contributed by atoms with Gasteiger partial charge in [-0.3, -0.25) is 4.79 Å². The van der Waals surface area contributed by atoms with E-state index in [0.29, 0.717) is 17.9 Å². The van der Waals surface area contributed by atoms with Crippen molar-refractivity contribution >= 4 is 38.5 Å². The Morgan fingerprint density at radius 1 is 1.44 bits per heavy atom. The van der Waals surface area contributed by atoms with Gasteiger partial charge < -0.3 is 4.74 Å². The summed E-state index contributed by atoms with van der Waals surface area (Å²) < 4.78 is 5.81. The minimum Gasteiger partial charge on any atom is -0.461 e. The molecule has 84 valence electrons. The molecular formula is C12H10BrClO2. The molecule has 0 saturated carbocycles. The molecule has 0 bridgehead atoms. The number of hydrogen-bond acceptors (Lipinski definition) is 2. The number of benzene rings is 1. The van der Waals surface area contributed by atoms with Gasteiger partial charge >= 0.3 is 5.97 Å². The molecular weight excluding hydrogens is 291 g/mol. The summed E-state index contributed by atoms with van der Waals surface area (Å²) in [4.78, 5) is 10.6. The first-order valence-corrected chi connectivity index (χ1v) is 6.13. The first-order valence-electron chi connectivity index (χ1n) is 4.96. The lowest BCUT2D eigenvalue weighted by molar-refractivity contribution is -0.168. The lowest BCUT2D eigenvalue weighted by atomic mass is 10.1. The normalized spacial score (nSPS) is 20.9. The molecule has 4 heteroatoms. The van der Waals surface area contributed by atoms with Crippen LogP contribution in [-0.2, 0) is 9.53 Å². The van der Waals surface area contributed by atoms with E-state index in [-0.39, 0.29) is 12.1 Å². The van der Waals surface area contributed by atoms with Gasteiger partial charge in [-0.05, 0) is 5.56 Å². The van der Waals surface area contributed by atoms with E-state index in [1.54, 1.807) is 0 Å². The highest BCUT2D eigenvalue weighted by Crippen LogP contribution is 2.32. The van der Waals surface area contributed by atoms with Crippen LogP contribution in [0.3, 0.4) is 0 Å². The molecule has 1 heterocycles. The maximum Gasteiger partial charge on any atom is 0.309 e. The van der Waals surface area contributed by atoms with Crippen LogP contribution in [0, 0.1) is 0 Å². The summed E-state index contributed by atoms with van der Waals surface area (Å²) in [5.74, 6) is -0.138. The summed E-state index contributed by atoms with van der Waals surface area (Å²) in [6.45, 7) is 0. The number of esters is 1. The highest BCUT2D eigenvalue weighted by molar-refractivity contribution is 9.11. The Labute approximate surface area is 107 Å². The third-order valence-corrected chi connectivity index (χ3v) is 3.76. The van der Waals surface area contributed by atoms with Crippen molar-refractivity contribution in [2.75, 3.05) is 0 Å². The third-order valence-electron chi connectivity index (χ3n) is 2.36. The zero-order chi connectivity index (χ0) is 11.5. The first-order chi connectivity index (χ1) is 7.66. The van der Waals surface area contributed by atoms with Crippen LogP contribution in [0.15, 0.2) is 34.8 Å². The van der Waals surface area contributed by atoms with Crippen LogP contribution in [-0.4, -0.2) is 12.1 Å². The molecule has 0 amide bonds. The van der Waals surface area contributed by atoms with E-state index in [1.165, 1.54) is 0 Å². The molecule has 1 aromatic rings. The number of cyclic esters (lactones) is 1. The smallest absolute Gasteiger partial charge is 0.309 e. The molecule has 0 aromatic heterocycles. The van der Waals surface area contributed by atoms with Gasteiger partial charge in [0, 0.05) is 10.9 Å². The summed E-state index contributed by atoms with van der Waals surface area (Å²) in [5, 5.41) is 0.670. The van der Waals surface area contributed by atoms with Crippen molar-refractivity contribution in [2.45, 2.75) is 18.9 Å². The number of carbonyl (C=O) groups excluding carboxylic acids is 1. The lowest BCUT2D eigenvalue weighted by Crippen LogP contribution is -2.32. The Morgan fingerprint density at radius 2 is 2.06 bits per heavy atom. The second-order valence-electron chi connectivity index (χ2n) is 3.61. The van der Waals surface area contributed by atoms with Crippen molar-refractivity contribution in [1.82, 2.24) is 0 Å². The molecule has 0 radical (unpaired) electrons. The van der Waals surface area contributed by atoms with Crippen LogP contribution in [0.2, 0.25) is 0 Å². The van der Waals surface area contributed by atoms with E-state index >= 15 is 0 Å². The van der Waals surface area contributed by atoms with Gasteiger partial charge in [0.25, 0.3) is 0 Å². The molecule has 0 aliphatic carbocycles. The van der Waals surface area contributed by atoms with Crippen molar-refractivity contribution < 1.29 is 9.53 Å². The van der Waals surface area contributed by atoms with Crippen molar-refractivity contribution in [3.05, 3.63) is 40.4 Å². The van der Waals surface area contributed by atoms with E-state index < -0.39 is 0 Å². The molecule has 1 aliphatic rings. The number of halogens is 2. The van der Waals surface area contributed by atoms with Crippen LogP contribution >= 0.6 is 27.5 Å². The molecule has 1 saturated heterocycles. The van der Waals surface area contributed by atoms with Crippen LogP contribution in [0.25, 0.3) is 5.03 Å². The number of rotatable bonds is 3. The Morgan fingerprint density at radius 3 is 2.62 bits per heavy atom. The van der Waals surface area contributed by atoms with Crippen molar-refractivity contribution in [1.29, 1.82) is 0 Å². The zero-order valence-corrected chi connectivity index (χ0v) is 10.8. The Hall–Kier alpha value is -0.800. The molecule has 1 atom stereocenters. The van der Waals surface area contributed by atoms with Gasteiger partial charge in [0.15, 0.2) is 0 Å². The van der Waals surface area contributed by atoms with E-state index in [1.807, 2.05) is 30.3 Å². The van der Waals surface area contributed by atoms with Gasteiger partial charge in [0.1, 0.15) is 6.10 Å². The second-order valence-corrected chi connectivity index (χ2v) is 4.94. The number of ether oxygens (including phenoxy) is 1. The van der Waals surface area contributed by atoms with E-state index in [9.17, 15) is 4.79 Å². The van der Waals surface area contributed by atoms with Gasteiger partial charge in [0.05, 0.1) is 11.5 Å². The average Bonchev–Trinajstić information content (AvgIpc) is 2.27. The minimum absolute atomic E-state index is 0.0284. The monoisotopic (exact) mass is 300 g/mol. The quantitative estimate of drug-likeness (QED) is 0.796. The summed E-state index contributed by atoms with van der Waals surface area (Å²) in [6.07, 6.45) is 1.09. The summed E-state index contributed by atoms with van der Waals surface area (Å²) in [7, 11) is 0. The highest BCUT2D eigenvalue weighted by atomic mass is 79.9. The number of hydrogen-bond donors (Lipinski definition) is 0. The van der Waals surface area contributed by atoms with E-state index in [0.717, 1.165) is 10.0 Å². The SMILES string of the molecule is O=C1C[C@H](C/C(Br)=C(/Cl)c2ccccc2)O1. The van der Waals surface area contributed by atoms with Crippen molar-refractivity contribution in [3.63, 3.8) is 0 Å². The van der Waals surface area contributed by atoms with E-state index in [4.69, 9.17) is 16.3 Å². The minimum atomic E-state index is -0.138. The molecule has 0 unspecified atom stereocenters. The van der Waals surface area contributed by atoms with Crippen molar-refractivity contribution in [3.8, 4) is 0 Å². The highest BCUT2D eigenvalue weighted by Gasteiger charge is 2.29. The molecule has 1 aliphatic heterocycles. The topological polar surface area (TPSA) is 26.3 Å². The molecule has 1 fully saturated rings. The Balaban J connectivity index is 2.06. The summed E-state index contributed by atoms with van der Waals surface area (Å²) >= 11 is 9.64. The van der Waals surface area contributed by atoms with Crippen LogP contribution < -0.4 is 0 Å². The molecule has 0 spiro atoms. The predicted molar refractivity (Wildman–Crippen MR) is 67.3 cm³/mol. The summed E-state index contributed by atoms with van der Waals surface area (Å²) in [5.41, 5.74) is 0.960. The lowest BCUT2D eigenvalue weighted by Gasteiger charge is -2.25.